The van der Waals surface area contributed by atoms with Gasteiger partial charge in [-0.2, -0.15) is 0 Å². The normalized spacial score (nSPS) is 17.4. The summed E-state index contributed by atoms with van der Waals surface area (Å²) >= 11 is 1.88. The van der Waals surface area contributed by atoms with Crippen LogP contribution in [0.15, 0.2) is 29.2 Å². The second kappa shape index (κ2) is 7.14. The molecule has 3 nitrogen and oxygen atoms in total. The number of carbonyl (C=O) groups is 1. The van der Waals surface area contributed by atoms with Crippen molar-refractivity contribution in [2.45, 2.75) is 55.7 Å². The average molecular weight is 292 g/mol. The largest absolute Gasteiger partial charge is 0.324 e. The van der Waals surface area contributed by atoms with Gasteiger partial charge in [0, 0.05) is 10.1 Å². The predicted octanol–water partition coefficient (Wildman–Crippen LogP) is 3.64. The minimum atomic E-state index is -0.459. The number of carbonyl (C=O) groups excluding carboxylic acids is 1. The van der Waals surface area contributed by atoms with Crippen LogP contribution in [0.25, 0.3) is 0 Å². The summed E-state index contributed by atoms with van der Waals surface area (Å²) in [6.07, 6.45) is 5.20. The first-order chi connectivity index (χ1) is 9.58. The fourth-order valence-corrected chi connectivity index (χ4v) is 3.71. The summed E-state index contributed by atoms with van der Waals surface area (Å²) in [6.45, 7) is 3.92. The van der Waals surface area contributed by atoms with Gasteiger partial charge in [-0.05, 0) is 30.9 Å². The topological polar surface area (TPSA) is 55.1 Å². The van der Waals surface area contributed by atoms with Crippen molar-refractivity contribution in [3.63, 3.8) is 0 Å². The summed E-state index contributed by atoms with van der Waals surface area (Å²) in [4.78, 5) is 13.3. The molecule has 2 rings (SSSR count). The molecule has 1 amide bonds. The molecule has 0 bridgehead atoms. The number of rotatable bonds is 5. The van der Waals surface area contributed by atoms with Crippen LogP contribution in [-0.2, 0) is 4.79 Å². The van der Waals surface area contributed by atoms with Crippen LogP contribution in [0.2, 0.25) is 0 Å². The lowest BCUT2D eigenvalue weighted by Crippen LogP contribution is -2.39. The summed E-state index contributed by atoms with van der Waals surface area (Å²) in [6, 6.07) is 7.56. The number of benzene rings is 1. The number of para-hydroxylation sites is 1. The van der Waals surface area contributed by atoms with Crippen LogP contribution in [0.1, 0.15) is 39.5 Å². The van der Waals surface area contributed by atoms with Crippen LogP contribution in [0.5, 0.6) is 0 Å². The van der Waals surface area contributed by atoms with E-state index in [0.29, 0.717) is 5.25 Å². The minimum Gasteiger partial charge on any atom is -0.324 e. The Labute approximate surface area is 125 Å². The Kier molecular flexibility index (Phi) is 5.49. The van der Waals surface area contributed by atoms with Crippen LogP contribution in [0, 0.1) is 5.92 Å². The summed E-state index contributed by atoms with van der Waals surface area (Å²) < 4.78 is 0. The van der Waals surface area contributed by atoms with E-state index >= 15 is 0 Å². The molecule has 3 N–H and O–H groups in total. The Balaban J connectivity index is 2.05. The third-order valence-corrected chi connectivity index (χ3v) is 5.18. The molecule has 4 heteroatoms. The molecule has 0 aliphatic heterocycles. The smallest absolute Gasteiger partial charge is 0.241 e. The Morgan fingerprint density at radius 1 is 1.30 bits per heavy atom. The van der Waals surface area contributed by atoms with Crippen molar-refractivity contribution in [1.82, 2.24) is 0 Å². The number of amides is 1. The van der Waals surface area contributed by atoms with Gasteiger partial charge in [-0.3, -0.25) is 4.79 Å². The summed E-state index contributed by atoms with van der Waals surface area (Å²) in [5.74, 6) is 0.0455. The summed E-state index contributed by atoms with van der Waals surface area (Å²) in [5, 5.41) is 3.67. The van der Waals surface area contributed by atoms with Gasteiger partial charge in [0.15, 0.2) is 0 Å². The summed E-state index contributed by atoms with van der Waals surface area (Å²) in [5.41, 5.74) is 6.80. The molecule has 110 valence electrons. The Morgan fingerprint density at radius 3 is 2.60 bits per heavy atom. The molecule has 0 aromatic heterocycles. The highest BCUT2D eigenvalue weighted by Gasteiger charge is 2.20. The van der Waals surface area contributed by atoms with Gasteiger partial charge in [-0.15, -0.1) is 11.8 Å². The van der Waals surface area contributed by atoms with E-state index < -0.39 is 6.04 Å². The SMILES string of the molecule is CC(C)[C@@H](N)C(=O)Nc1ccccc1SC1CCCC1. The van der Waals surface area contributed by atoms with Crippen molar-refractivity contribution in [1.29, 1.82) is 0 Å². The molecule has 1 saturated carbocycles. The molecule has 1 aliphatic carbocycles. The van der Waals surface area contributed by atoms with Gasteiger partial charge >= 0.3 is 0 Å². The lowest BCUT2D eigenvalue weighted by molar-refractivity contribution is -0.118. The molecule has 1 aromatic carbocycles. The molecule has 1 atom stereocenters. The second-order valence-electron chi connectivity index (χ2n) is 5.78. The van der Waals surface area contributed by atoms with Crippen LogP contribution in [-0.4, -0.2) is 17.2 Å². The van der Waals surface area contributed by atoms with E-state index in [9.17, 15) is 4.79 Å². The molecular weight excluding hydrogens is 268 g/mol. The zero-order valence-corrected chi connectivity index (χ0v) is 13.1. The standard InChI is InChI=1S/C16H24N2OS/c1-11(2)15(17)16(19)18-13-9-5-6-10-14(13)20-12-7-3-4-8-12/h5-6,9-12,15H,3-4,7-8,17H2,1-2H3,(H,18,19)/t15-/m1/s1. The van der Waals surface area contributed by atoms with Gasteiger partial charge in [0.1, 0.15) is 0 Å². The highest BCUT2D eigenvalue weighted by Crippen LogP contribution is 2.38. The van der Waals surface area contributed by atoms with E-state index in [-0.39, 0.29) is 11.8 Å². The third kappa shape index (κ3) is 4.00. The zero-order valence-electron chi connectivity index (χ0n) is 12.3. The van der Waals surface area contributed by atoms with Crippen LogP contribution in [0.4, 0.5) is 5.69 Å². The quantitative estimate of drug-likeness (QED) is 0.871. The van der Waals surface area contributed by atoms with Gasteiger partial charge in [-0.1, -0.05) is 38.8 Å². The van der Waals surface area contributed by atoms with E-state index in [0.717, 1.165) is 10.6 Å². The molecule has 1 fully saturated rings. The Hall–Kier alpha value is -1.00. The second-order valence-corrected chi connectivity index (χ2v) is 7.12. The van der Waals surface area contributed by atoms with Crippen molar-refractivity contribution in [2.24, 2.45) is 11.7 Å². The van der Waals surface area contributed by atoms with E-state index in [1.54, 1.807) is 0 Å². The monoisotopic (exact) mass is 292 g/mol. The maximum absolute atomic E-state index is 12.1. The third-order valence-electron chi connectivity index (χ3n) is 3.76. The Bertz CT molecular complexity index is 456. The maximum Gasteiger partial charge on any atom is 0.241 e. The van der Waals surface area contributed by atoms with Crippen LogP contribution in [0.3, 0.4) is 0 Å². The minimum absolute atomic E-state index is 0.0977. The van der Waals surface area contributed by atoms with Crippen LogP contribution >= 0.6 is 11.8 Å². The number of anilines is 1. The first kappa shape index (κ1) is 15.4. The molecule has 0 radical (unpaired) electrons. The molecule has 0 heterocycles. The van der Waals surface area contributed by atoms with E-state index in [1.807, 2.05) is 43.8 Å². The van der Waals surface area contributed by atoms with Gasteiger partial charge in [-0.25, -0.2) is 0 Å². The highest BCUT2D eigenvalue weighted by molar-refractivity contribution is 8.00. The molecule has 0 spiro atoms. The number of thioether (sulfide) groups is 1. The van der Waals surface area contributed by atoms with E-state index in [4.69, 9.17) is 5.73 Å². The van der Waals surface area contributed by atoms with Crippen molar-refractivity contribution >= 4 is 23.4 Å². The molecule has 0 saturated heterocycles. The summed E-state index contributed by atoms with van der Waals surface area (Å²) in [7, 11) is 0. The fourth-order valence-electron chi connectivity index (χ4n) is 2.38. The highest BCUT2D eigenvalue weighted by atomic mass is 32.2. The molecule has 0 unspecified atom stereocenters. The van der Waals surface area contributed by atoms with Crippen LogP contribution < -0.4 is 11.1 Å². The lowest BCUT2D eigenvalue weighted by atomic mass is 10.1. The van der Waals surface area contributed by atoms with Crippen molar-refractivity contribution in [3.8, 4) is 0 Å². The number of nitrogens with two attached hydrogens (primary N) is 1. The molecular formula is C16H24N2OS. The van der Waals surface area contributed by atoms with Gasteiger partial charge in [0.25, 0.3) is 0 Å². The molecule has 20 heavy (non-hydrogen) atoms. The number of hydrogen-bond donors (Lipinski definition) is 2. The maximum atomic E-state index is 12.1. The lowest BCUT2D eigenvalue weighted by Gasteiger charge is -2.18. The van der Waals surface area contributed by atoms with Crippen molar-refractivity contribution < 1.29 is 4.79 Å². The molecule has 1 aromatic rings. The first-order valence-electron chi connectivity index (χ1n) is 7.40. The average Bonchev–Trinajstić information content (AvgIpc) is 2.92. The Morgan fingerprint density at radius 2 is 1.95 bits per heavy atom. The van der Waals surface area contributed by atoms with Gasteiger partial charge in [0.05, 0.1) is 11.7 Å². The van der Waals surface area contributed by atoms with E-state index in [1.165, 1.54) is 25.7 Å². The number of hydrogen-bond acceptors (Lipinski definition) is 3. The molecule has 1 aliphatic rings. The van der Waals surface area contributed by atoms with Crippen molar-refractivity contribution in [3.05, 3.63) is 24.3 Å². The zero-order chi connectivity index (χ0) is 14.5. The van der Waals surface area contributed by atoms with Gasteiger partial charge in [0.2, 0.25) is 5.91 Å². The first-order valence-corrected chi connectivity index (χ1v) is 8.28. The van der Waals surface area contributed by atoms with Crippen molar-refractivity contribution in [2.75, 3.05) is 5.32 Å². The number of nitrogens with one attached hydrogen (secondary N) is 1. The van der Waals surface area contributed by atoms with E-state index in [2.05, 4.69) is 11.4 Å². The van der Waals surface area contributed by atoms with Gasteiger partial charge < -0.3 is 11.1 Å². The fraction of sp³-hybridized carbons (Fsp3) is 0.562. The predicted molar refractivity (Wildman–Crippen MR) is 86.0 cm³/mol.